The van der Waals surface area contributed by atoms with Gasteiger partial charge in [0.05, 0.1) is 17.3 Å². The lowest BCUT2D eigenvalue weighted by molar-refractivity contribution is -0.104. The Morgan fingerprint density at radius 3 is 2.70 bits per heavy atom. The number of benzene rings is 2. The number of nitriles is 1. The van der Waals surface area contributed by atoms with E-state index < -0.39 is 17.8 Å². The van der Waals surface area contributed by atoms with Gasteiger partial charge in [-0.15, -0.1) is 5.10 Å². The lowest BCUT2D eigenvalue weighted by Crippen LogP contribution is -2.50. The van der Waals surface area contributed by atoms with Gasteiger partial charge in [0.25, 0.3) is 0 Å². The van der Waals surface area contributed by atoms with Crippen molar-refractivity contribution in [1.82, 2.24) is 9.78 Å². The molecule has 2 aromatic carbocycles. The summed E-state index contributed by atoms with van der Waals surface area (Å²) in [4.78, 5) is 0. The molecule has 27 heavy (non-hydrogen) atoms. The van der Waals surface area contributed by atoms with E-state index in [2.05, 4.69) is 11.2 Å². The molecule has 1 aliphatic rings. The average molecular weight is 361 g/mol. The molecule has 4 rings (SSSR count). The van der Waals surface area contributed by atoms with E-state index in [9.17, 15) is 10.4 Å². The minimum atomic E-state index is -0.930. The molecule has 1 aliphatic heterocycles. The van der Waals surface area contributed by atoms with Crippen molar-refractivity contribution in [2.75, 3.05) is 0 Å². The molecule has 0 saturated heterocycles. The van der Waals surface area contributed by atoms with Crippen LogP contribution >= 0.6 is 0 Å². The minimum Gasteiger partial charge on any atom is -0.485 e. The normalized spacial score (nSPS) is 20.2. The summed E-state index contributed by atoms with van der Waals surface area (Å²) in [6.45, 7) is 3.61. The molecule has 1 aromatic heterocycles. The van der Waals surface area contributed by atoms with E-state index in [1.807, 2.05) is 30.3 Å². The Morgan fingerprint density at radius 2 is 1.96 bits per heavy atom. The van der Waals surface area contributed by atoms with E-state index in [-0.39, 0.29) is 0 Å². The fraction of sp³-hybridized carbons (Fsp3) is 0.238. The van der Waals surface area contributed by atoms with Crippen molar-refractivity contribution < 1.29 is 14.6 Å². The summed E-state index contributed by atoms with van der Waals surface area (Å²) in [7, 11) is 0. The second kappa shape index (κ2) is 6.45. The molecule has 0 fully saturated rings. The van der Waals surface area contributed by atoms with Crippen molar-refractivity contribution in [3.05, 3.63) is 71.9 Å². The molecule has 0 spiro atoms. The maximum Gasteiger partial charge on any atom is 0.233 e. The van der Waals surface area contributed by atoms with Gasteiger partial charge in [0, 0.05) is 17.8 Å². The first kappa shape index (κ1) is 17.1. The third-order valence-corrected chi connectivity index (χ3v) is 4.65. The van der Waals surface area contributed by atoms with E-state index in [1.54, 1.807) is 49.0 Å². The topological polar surface area (TPSA) is 80.3 Å². The molecule has 0 aliphatic carbocycles. The fourth-order valence-corrected chi connectivity index (χ4v) is 3.16. The maximum atomic E-state index is 10.8. The number of aliphatic hydroxyl groups excluding tert-OH is 1. The monoisotopic (exact) mass is 361 g/mol. The molecule has 0 radical (unpaired) electrons. The average Bonchev–Trinajstić information content (AvgIpc) is 3.14. The van der Waals surface area contributed by atoms with Gasteiger partial charge < -0.3 is 14.6 Å². The first-order valence-electron chi connectivity index (χ1n) is 8.67. The number of aromatic nitrogens is 2. The first-order chi connectivity index (χ1) is 13.0. The molecule has 1 N–H and O–H groups in total. The fourth-order valence-electron chi connectivity index (χ4n) is 3.16. The lowest BCUT2D eigenvalue weighted by Gasteiger charge is -2.41. The van der Waals surface area contributed by atoms with Crippen molar-refractivity contribution in [3.8, 4) is 23.4 Å². The van der Waals surface area contributed by atoms with Crippen LogP contribution in [-0.4, -0.2) is 26.6 Å². The van der Waals surface area contributed by atoms with Gasteiger partial charge in [-0.3, -0.25) is 0 Å². The molecule has 136 valence electrons. The Morgan fingerprint density at radius 1 is 1.19 bits per heavy atom. The van der Waals surface area contributed by atoms with Crippen LogP contribution in [0.15, 0.2) is 60.8 Å². The van der Waals surface area contributed by atoms with Crippen LogP contribution in [0.3, 0.4) is 0 Å². The molecule has 0 unspecified atom stereocenters. The maximum absolute atomic E-state index is 10.8. The van der Waals surface area contributed by atoms with Crippen LogP contribution in [0, 0.1) is 11.3 Å². The van der Waals surface area contributed by atoms with Crippen LogP contribution in [0.2, 0.25) is 0 Å². The highest BCUT2D eigenvalue weighted by Crippen LogP contribution is 2.42. The highest BCUT2D eigenvalue weighted by Gasteiger charge is 2.44. The Labute approximate surface area is 157 Å². The van der Waals surface area contributed by atoms with Gasteiger partial charge in [0.1, 0.15) is 17.5 Å². The number of fused-ring (bicyclic) bond motifs is 1. The predicted octanol–water partition coefficient (Wildman–Crippen LogP) is 3.40. The number of nitrogens with zero attached hydrogens (tertiary/aromatic N) is 3. The molecule has 2 heterocycles. The van der Waals surface area contributed by atoms with Crippen LogP contribution in [0.1, 0.15) is 31.1 Å². The minimum absolute atomic E-state index is 0.383. The molecule has 3 aromatic rings. The number of hydrogen-bond acceptors (Lipinski definition) is 5. The van der Waals surface area contributed by atoms with E-state index >= 15 is 0 Å². The van der Waals surface area contributed by atoms with Crippen molar-refractivity contribution in [2.45, 2.75) is 31.7 Å². The predicted molar refractivity (Wildman–Crippen MR) is 98.8 cm³/mol. The van der Waals surface area contributed by atoms with Crippen LogP contribution in [0.4, 0.5) is 0 Å². The second-order valence-electron chi connectivity index (χ2n) is 6.99. The summed E-state index contributed by atoms with van der Waals surface area (Å²) < 4.78 is 13.7. The molecule has 6 heteroatoms. The van der Waals surface area contributed by atoms with Gasteiger partial charge in [-0.25, -0.2) is 4.68 Å². The Kier molecular flexibility index (Phi) is 4.09. The zero-order chi connectivity index (χ0) is 19.0. The Bertz CT molecular complexity index is 1010. The van der Waals surface area contributed by atoms with Gasteiger partial charge in [0.2, 0.25) is 5.88 Å². The molecule has 0 saturated carbocycles. The molecular formula is C21H19N3O3. The van der Waals surface area contributed by atoms with Crippen molar-refractivity contribution in [1.29, 1.82) is 5.26 Å². The van der Waals surface area contributed by atoms with E-state index in [4.69, 9.17) is 9.47 Å². The summed E-state index contributed by atoms with van der Waals surface area (Å²) in [5, 5.41) is 24.5. The molecular weight excluding hydrogens is 342 g/mol. The van der Waals surface area contributed by atoms with Crippen LogP contribution in [-0.2, 0) is 0 Å². The van der Waals surface area contributed by atoms with Gasteiger partial charge in [-0.1, -0.05) is 18.2 Å². The first-order valence-corrected chi connectivity index (χ1v) is 8.67. The van der Waals surface area contributed by atoms with E-state index in [0.29, 0.717) is 22.8 Å². The van der Waals surface area contributed by atoms with Crippen LogP contribution < -0.4 is 9.47 Å². The quantitative estimate of drug-likeness (QED) is 0.773. The summed E-state index contributed by atoms with van der Waals surface area (Å²) in [5.41, 5.74) is 1.18. The number of rotatable bonds is 3. The van der Waals surface area contributed by atoms with Gasteiger partial charge in [0.15, 0.2) is 6.10 Å². The van der Waals surface area contributed by atoms with Crippen molar-refractivity contribution in [3.63, 3.8) is 0 Å². The zero-order valence-electron chi connectivity index (χ0n) is 15.0. The van der Waals surface area contributed by atoms with Gasteiger partial charge in [-0.2, -0.15) is 5.26 Å². The smallest absolute Gasteiger partial charge is 0.233 e. The van der Waals surface area contributed by atoms with Crippen molar-refractivity contribution in [2.24, 2.45) is 0 Å². The van der Waals surface area contributed by atoms with Crippen LogP contribution in [0.5, 0.6) is 11.6 Å². The second-order valence-corrected chi connectivity index (χ2v) is 6.99. The van der Waals surface area contributed by atoms with Gasteiger partial charge in [-0.05, 0) is 44.2 Å². The highest BCUT2D eigenvalue weighted by atomic mass is 16.5. The number of para-hydroxylation sites is 1. The van der Waals surface area contributed by atoms with E-state index in [1.165, 1.54) is 0 Å². The van der Waals surface area contributed by atoms with Crippen molar-refractivity contribution >= 4 is 0 Å². The largest absolute Gasteiger partial charge is 0.485 e. The summed E-state index contributed by atoms with van der Waals surface area (Å²) in [6, 6.07) is 18.7. The van der Waals surface area contributed by atoms with Gasteiger partial charge >= 0.3 is 0 Å². The molecule has 6 nitrogen and oxygen atoms in total. The lowest BCUT2D eigenvalue weighted by atomic mass is 9.88. The zero-order valence-corrected chi connectivity index (χ0v) is 15.0. The number of ether oxygens (including phenoxy) is 2. The third-order valence-electron chi connectivity index (χ3n) is 4.65. The van der Waals surface area contributed by atoms with E-state index in [0.717, 1.165) is 5.69 Å². The Hall–Kier alpha value is -3.30. The number of hydrogen-bond donors (Lipinski definition) is 1. The summed E-state index contributed by atoms with van der Waals surface area (Å²) in [6.07, 6.45) is 0.172. The SMILES string of the molecule is CC1(C)Oc2ccc(C#N)cc2[C@@H](Oc2ccn(-c3ccccc3)n2)[C@@H]1O. The molecule has 2 atom stereocenters. The molecule has 0 amide bonds. The Balaban J connectivity index is 1.69. The summed E-state index contributed by atoms with van der Waals surface area (Å²) in [5.74, 6) is 0.978. The highest BCUT2D eigenvalue weighted by molar-refractivity contribution is 5.46. The molecule has 0 bridgehead atoms. The third kappa shape index (κ3) is 3.14. The van der Waals surface area contributed by atoms with Crippen LogP contribution in [0.25, 0.3) is 5.69 Å². The number of aliphatic hydroxyl groups is 1. The summed E-state index contributed by atoms with van der Waals surface area (Å²) >= 11 is 0. The standard InChI is InChI=1S/C21H19N3O3/c1-21(2)20(25)19(16-12-14(13-22)8-9-17(16)27-21)26-18-10-11-24(23-18)15-6-4-3-5-7-15/h3-12,19-20,25H,1-2H3/t19-,20+/m1/s1.